The van der Waals surface area contributed by atoms with Gasteiger partial charge >= 0.3 is 51.4 Å². The van der Waals surface area contributed by atoms with Gasteiger partial charge in [0.25, 0.3) is 0 Å². The maximum atomic E-state index is 12.5. The minimum Gasteiger partial charge on any atom is -0.748 e. The van der Waals surface area contributed by atoms with Crippen LogP contribution < -0.4 is 51.4 Å². The summed E-state index contributed by atoms with van der Waals surface area (Å²) in [5.74, 6) is 0.343. The van der Waals surface area contributed by atoms with Crippen molar-refractivity contribution >= 4 is 31.7 Å². The van der Waals surface area contributed by atoms with E-state index in [0.717, 1.165) is 30.0 Å². The molecule has 0 aliphatic carbocycles. The van der Waals surface area contributed by atoms with Crippen LogP contribution in [0.5, 0.6) is 0 Å². The van der Waals surface area contributed by atoms with Crippen LogP contribution in [0.4, 0.5) is 0 Å². The molecule has 7 nitrogen and oxygen atoms in total. The maximum absolute atomic E-state index is 12.5. The van der Waals surface area contributed by atoms with Crippen LogP contribution in [0.3, 0.4) is 0 Å². The number of allylic oxidation sites excluding steroid dienone is 3. The maximum Gasteiger partial charge on any atom is 1.00 e. The van der Waals surface area contributed by atoms with E-state index in [2.05, 4.69) is 6.92 Å². The monoisotopic (exact) mass is 544 g/mol. The molecule has 1 heterocycles. The molecule has 0 aromatic carbocycles. The van der Waals surface area contributed by atoms with E-state index in [-0.39, 0.29) is 68.5 Å². The van der Waals surface area contributed by atoms with E-state index in [0.29, 0.717) is 19.5 Å². The van der Waals surface area contributed by atoms with Crippen molar-refractivity contribution in [1.29, 1.82) is 5.26 Å². The second-order valence-electron chi connectivity index (χ2n) is 8.10. The van der Waals surface area contributed by atoms with Crippen molar-refractivity contribution in [2.24, 2.45) is 0 Å². The van der Waals surface area contributed by atoms with Gasteiger partial charge in [0.05, 0.1) is 20.9 Å². The molecule has 0 aromatic rings. The molecule has 1 rings (SSSR count). The van der Waals surface area contributed by atoms with Gasteiger partial charge < -0.3 is 9.45 Å². The molecule has 33 heavy (non-hydrogen) atoms. The fourth-order valence-electron chi connectivity index (χ4n) is 3.52. The van der Waals surface area contributed by atoms with Crippen molar-refractivity contribution in [2.45, 2.75) is 77.6 Å². The molecular weight excluding hydrogens is 508 g/mol. The third kappa shape index (κ3) is 16.1. The zero-order valence-corrected chi connectivity index (χ0v) is 25.7. The first kappa shape index (κ1) is 33.6. The molecule has 0 aromatic heterocycles. The molecule has 0 radical (unpaired) electrons. The van der Waals surface area contributed by atoms with Crippen LogP contribution in [-0.4, -0.2) is 56.6 Å². The van der Waals surface area contributed by atoms with E-state index in [1.807, 2.05) is 11.0 Å². The number of hydrogen-bond acceptors (Lipinski definition) is 8. The molecule has 1 saturated heterocycles. The standard InChI is InChI=1S/C22H38N2O5S3.K/c1-2-3-4-5-6-7-8-9-10-11-18-31(25,26)21(20-23)13-14-22-24(16-17-30-22)15-12-19-32(27,28)29;/h13-14H,2-12,15-19H2,1H3,(H,27,28,29);/q;+1/p-1/b21-13-,22-14-;. The number of thioether (sulfide) groups is 1. The average molecular weight is 545 g/mol. The normalized spacial score (nSPS) is 16.1. The largest absolute Gasteiger partial charge is 1.00 e. The summed E-state index contributed by atoms with van der Waals surface area (Å²) in [5, 5.41) is 10.1. The summed E-state index contributed by atoms with van der Waals surface area (Å²) in [6.45, 7) is 3.30. The third-order valence-electron chi connectivity index (χ3n) is 5.33. The van der Waals surface area contributed by atoms with E-state index in [1.165, 1.54) is 56.4 Å². The molecule has 184 valence electrons. The molecule has 0 atom stereocenters. The molecular formula is C22H37KN2O5S3. The quantitative estimate of drug-likeness (QED) is 0.117. The van der Waals surface area contributed by atoms with Gasteiger partial charge in [-0.15, -0.1) is 11.8 Å². The van der Waals surface area contributed by atoms with Gasteiger partial charge in [-0.05, 0) is 25.0 Å². The van der Waals surface area contributed by atoms with Crippen LogP contribution in [0.1, 0.15) is 77.6 Å². The number of rotatable bonds is 17. The molecule has 0 saturated carbocycles. The average Bonchev–Trinajstić information content (AvgIpc) is 3.16. The van der Waals surface area contributed by atoms with Crippen molar-refractivity contribution < 1.29 is 72.8 Å². The Kier molecular flexibility index (Phi) is 19.2. The number of nitrogens with zero attached hydrogens (tertiary/aromatic N) is 2. The molecule has 0 amide bonds. The van der Waals surface area contributed by atoms with E-state index >= 15 is 0 Å². The van der Waals surface area contributed by atoms with Gasteiger partial charge in [0.2, 0.25) is 0 Å². The van der Waals surface area contributed by atoms with Gasteiger partial charge in [-0.2, -0.15) is 5.26 Å². The zero-order chi connectivity index (χ0) is 23.9. The first-order valence-corrected chi connectivity index (χ1v) is 15.8. The van der Waals surface area contributed by atoms with Gasteiger partial charge in [0.15, 0.2) is 9.84 Å². The van der Waals surface area contributed by atoms with Crippen LogP contribution in [0.2, 0.25) is 0 Å². The fraction of sp³-hybridized carbons (Fsp3) is 0.773. The molecule has 11 heteroatoms. The number of sulfone groups is 1. The minimum absolute atomic E-state index is 0. The number of hydrogen-bond donors (Lipinski definition) is 0. The van der Waals surface area contributed by atoms with Gasteiger partial charge in [0.1, 0.15) is 11.0 Å². The van der Waals surface area contributed by atoms with Crippen LogP contribution in [0, 0.1) is 11.3 Å². The Balaban J connectivity index is 0.0000102. The smallest absolute Gasteiger partial charge is 0.748 e. The first-order valence-electron chi connectivity index (χ1n) is 11.6. The Morgan fingerprint density at radius 3 is 2.12 bits per heavy atom. The molecule has 0 bridgehead atoms. The topological polar surface area (TPSA) is 118 Å². The van der Waals surface area contributed by atoms with E-state index < -0.39 is 25.7 Å². The summed E-state index contributed by atoms with van der Waals surface area (Å²) in [4.78, 5) is 1.67. The van der Waals surface area contributed by atoms with Crippen LogP contribution >= 0.6 is 11.8 Å². The Labute approximate surface area is 247 Å². The predicted molar refractivity (Wildman–Crippen MR) is 131 cm³/mol. The van der Waals surface area contributed by atoms with Crippen LogP contribution in [-0.2, 0) is 20.0 Å². The second-order valence-corrected chi connectivity index (χ2v) is 12.8. The molecule has 0 unspecified atom stereocenters. The van der Waals surface area contributed by atoms with Gasteiger partial charge in [0, 0.05) is 24.6 Å². The summed E-state index contributed by atoms with van der Waals surface area (Å²) >= 11 is 1.52. The Hall–Kier alpha value is 0.616. The molecule has 1 fully saturated rings. The van der Waals surface area contributed by atoms with E-state index in [4.69, 9.17) is 0 Å². The second kappa shape index (κ2) is 18.8. The van der Waals surface area contributed by atoms with Crippen molar-refractivity contribution in [1.82, 2.24) is 4.90 Å². The molecule has 0 spiro atoms. The summed E-state index contributed by atoms with van der Waals surface area (Å²) < 4.78 is 57.3. The summed E-state index contributed by atoms with van der Waals surface area (Å²) in [6, 6.07) is 1.81. The summed E-state index contributed by atoms with van der Waals surface area (Å²) in [6.07, 6.45) is 14.3. The van der Waals surface area contributed by atoms with Gasteiger partial charge in [-0.1, -0.05) is 64.7 Å². The van der Waals surface area contributed by atoms with Crippen molar-refractivity contribution in [3.05, 3.63) is 22.1 Å². The number of unbranched alkanes of at least 4 members (excludes halogenated alkanes) is 9. The van der Waals surface area contributed by atoms with E-state index in [9.17, 15) is 26.7 Å². The zero-order valence-electron chi connectivity index (χ0n) is 20.1. The molecule has 0 N–H and O–H groups in total. The third-order valence-corrected chi connectivity index (χ3v) is 8.92. The first-order chi connectivity index (χ1) is 15.2. The predicted octanol–water partition coefficient (Wildman–Crippen LogP) is 1.56. The Morgan fingerprint density at radius 2 is 1.58 bits per heavy atom. The Morgan fingerprint density at radius 1 is 1.00 bits per heavy atom. The van der Waals surface area contributed by atoms with Crippen LogP contribution in [0.15, 0.2) is 22.1 Å². The van der Waals surface area contributed by atoms with Gasteiger partial charge in [-0.3, -0.25) is 0 Å². The SMILES string of the molecule is CCCCCCCCCCCCS(=O)(=O)/C(C#N)=C\C=C1/SCCN1CCCS(=O)(=O)[O-].[K+]. The Bertz CT molecular complexity index is 865. The van der Waals surface area contributed by atoms with Crippen molar-refractivity contribution in [2.75, 3.05) is 30.3 Å². The van der Waals surface area contributed by atoms with Crippen LogP contribution in [0.25, 0.3) is 0 Å². The van der Waals surface area contributed by atoms with Gasteiger partial charge in [-0.25, -0.2) is 16.8 Å². The number of nitriles is 1. The van der Waals surface area contributed by atoms with Crippen molar-refractivity contribution in [3.63, 3.8) is 0 Å². The van der Waals surface area contributed by atoms with E-state index in [1.54, 1.807) is 6.08 Å². The summed E-state index contributed by atoms with van der Waals surface area (Å²) in [7, 11) is -7.86. The van der Waals surface area contributed by atoms with Crippen molar-refractivity contribution in [3.8, 4) is 6.07 Å². The summed E-state index contributed by atoms with van der Waals surface area (Å²) in [5.41, 5.74) is 0. The fourth-order valence-corrected chi connectivity index (χ4v) is 6.27. The molecule has 1 aliphatic rings. The molecule has 1 aliphatic heterocycles. The minimum atomic E-state index is -4.24.